The summed E-state index contributed by atoms with van der Waals surface area (Å²) in [5, 5.41) is -0.0723. The lowest BCUT2D eigenvalue weighted by atomic mass is 9.64. The van der Waals surface area contributed by atoms with E-state index >= 15 is 0 Å². The molecule has 10 nitrogen and oxygen atoms in total. The molecule has 1 N–H and O–H groups in total. The van der Waals surface area contributed by atoms with Crippen LogP contribution in [-0.4, -0.2) is 114 Å². The number of sulfonamides is 1. The molecule has 0 radical (unpaired) electrons. The van der Waals surface area contributed by atoms with Crippen molar-refractivity contribution in [3.63, 3.8) is 0 Å². The summed E-state index contributed by atoms with van der Waals surface area (Å²) >= 11 is 6.50. The molecule has 1 amide bonds. The molecule has 296 valence electrons. The van der Waals surface area contributed by atoms with Crippen LogP contribution in [0.2, 0.25) is 5.02 Å². The third-order valence-corrected chi connectivity index (χ3v) is 15.7. The fourth-order valence-electron chi connectivity index (χ4n) is 9.90. The zero-order valence-corrected chi connectivity index (χ0v) is 34.0. The van der Waals surface area contributed by atoms with Crippen LogP contribution in [0.15, 0.2) is 48.6 Å². The van der Waals surface area contributed by atoms with Crippen molar-refractivity contribution in [2.24, 2.45) is 17.8 Å². The second-order valence-corrected chi connectivity index (χ2v) is 19.3. The second kappa shape index (κ2) is 15.7. The fraction of sp³-hybridized carbons (Fsp3) is 0.605. The number of hydrogen-bond donors (Lipinski definition) is 1. The van der Waals surface area contributed by atoms with Crippen molar-refractivity contribution >= 4 is 33.2 Å². The third kappa shape index (κ3) is 7.68. The Morgan fingerprint density at radius 2 is 1.96 bits per heavy atom. The number of nitrogens with zero attached hydrogens (tertiary/aromatic N) is 3. The predicted octanol–water partition coefficient (Wildman–Crippen LogP) is 5.29. The highest BCUT2D eigenvalue weighted by molar-refractivity contribution is 7.90. The molecule has 1 spiro atoms. The van der Waals surface area contributed by atoms with Gasteiger partial charge in [0.15, 0.2) is 0 Å². The van der Waals surface area contributed by atoms with Crippen LogP contribution < -0.4 is 14.4 Å². The topological polar surface area (TPSA) is 101 Å². The van der Waals surface area contributed by atoms with E-state index in [1.807, 2.05) is 25.1 Å². The van der Waals surface area contributed by atoms with E-state index in [1.165, 1.54) is 11.1 Å². The highest BCUT2D eigenvalue weighted by Gasteiger charge is 2.49. The molecule has 0 aromatic heterocycles. The molecule has 8 rings (SSSR count). The first-order valence-corrected chi connectivity index (χ1v) is 22.1. The number of morpholine rings is 1. The van der Waals surface area contributed by atoms with Crippen LogP contribution in [0.3, 0.4) is 0 Å². The van der Waals surface area contributed by atoms with Crippen LogP contribution in [0.5, 0.6) is 5.75 Å². The zero-order valence-electron chi connectivity index (χ0n) is 32.4. The van der Waals surface area contributed by atoms with E-state index in [1.54, 1.807) is 20.1 Å². The molecule has 2 aromatic rings. The number of ether oxygens (including phenoxy) is 3. The van der Waals surface area contributed by atoms with Gasteiger partial charge >= 0.3 is 0 Å². The van der Waals surface area contributed by atoms with Crippen molar-refractivity contribution in [2.75, 3.05) is 77.6 Å². The highest BCUT2D eigenvalue weighted by Crippen LogP contribution is 2.49. The molecule has 2 bridgehead atoms. The molecule has 4 aliphatic heterocycles. The van der Waals surface area contributed by atoms with Gasteiger partial charge < -0.3 is 19.1 Å². The number of nitrogens with one attached hydrogen (secondary N) is 1. The lowest BCUT2D eigenvalue weighted by molar-refractivity contribution is -0.0425. The Kier molecular flexibility index (Phi) is 11.0. The van der Waals surface area contributed by atoms with Crippen LogP contribution in [0, 0.1) is 29.6 Å². The number of aryl methyl sites for hydroxylation is 1. The van der Waals surface area contributed by atoms with Crippen LogP contribution in [-0.2, 0) is 31.3 Å². The third-order valence-electron chi connectivity index (χ3n) is 13.6. The van der Waals surface area contributed by atoms with Crippen LogP contribution in [0.1, 0.15) is 67.4 Å². The van der Waals surface area contributed by atoms with Gasteiger partial charge in [-0.25, -0.2) is 13.1 Å². The van der Waals surface area contributed by atoms with Gasteiger partial charge in [-0.3, -0.25) is 14.6 Å². The summed E-state index contributed by atoms with van der Waals surface area (Å²) in [4.78, 5) is 21.0. The first-order valence-electron chi connectivity index (χ1n) is 20.1. The first-order chi connectivity index (χ1) is 26.5. The van der Waals surface area contributed by atoms with Gasteiger partial charge in [0.2, 0.25) is 10.0 Å². The zero-order chi connectivity index (χ0) is 38.4. The maximum absolute atomic E-state index is 13.7. The van der Waals surface area contributed by atoms with Crippen LogP contribution in [0.4, 0.5) is 5.69 Å². The largest absolute Gasteiger partial charge is 0.490 e. The van der Waals surface area contributed by atoms with E-state index in [2.05, 4.69) is 55.5 Å². The lowest BCUT2D eigenvalue weighted by Crippen LogP contribution is -2.58. The number of methoxy groups -OCH3 is 1. The van der Waals surface area contributed by atoms with Gasteiger partial charge in [-0.05, 0) is 105 Å². The number of fused-ring (bicyclic) bond motifs is 5. The van der Waals surface area contributed by atoms with Gasteiger partial charge in [-0.2, -0.15) is 0 Å². The number of rotatable bonds is 2. The van der Waals surface area contributed by atoms with Crippen molar-refractivity contribution in [1.82, 2.24) is 14.5 Å². The monoisotopic (exact) mass is 790 g/mol. The average Bonchev–Trinajstić information content (AvgIpc) is 3.31. The van der Waals surface area contributed by atoms with Gasteiger partial charge in [0.05, 0.1) is 37.3 Å². The van der Waals surface area contributed by atoms with Crippen LogP contribution >= 0.6 is 11.6 Å². The van der Waals surface area contributed by atoms with E-state index in [-0.39, 0.29) is 28.7 Å². The Hall–Kier alpha value is -3.11. The quantitative estimate of drug-likeness (QED) is 0.322. The molecule has 2 aromatic carbocycles. The van der Waals surface area contributed by atoms with E-state index < -0.39 is 26.8 Å². The predicted molar refractivity (Wildman–Crippen MR) is 215 cm³/mol. The number of halogens is 1. The van der Waals surface area contributed by atoms with E-state index in [0.717, 1.165) is 82.2 Å². The van der Waals surface area contributed by atoms with Crippen molar-refractivity contribution in [1.29, 1.82) is 0 Å². The van der Waals surface area contributed by atoms with Crippen molar-refractivity contribution < 1.29 is 27.4 Å². The summed E-state index contributed by atoms with van der Waals surface area (Å²) in [7, 11) is -2.22. The second-order valence-electron chi connectivity index (χ2n) is 16.8. The van der Waals surface area contributed by atoms with Crippen LogP contribution in [0.25, 0.3) is 0 Å². The molecule has 6 aliphatic rings. The SMILES string of the molecule is CO[C@@]1(C#CCN2CCN3CCOC[C@@H]3C2)/C=C/C[C@H](C)[C@@H](C)S(=O)(=O)NC(=O)c2ccc3c(c2)N(C[C@@H]2CC[C@H]21)C[C@@]1(CCCc2cc(Cl)ccc21)CO3. The smallest absolute Gasteiger partial charge is 0.264 e. The minimum absolute atomic E-state index is 0.113. The van der Waals surface area contributed by atoms with E-state index in [0.29, 0.717) is 44.5 Å². The number of allylic oxidation sites excluding steroid dienone is 1. The average molecular weight is 791 g/mol. The number of carbonyl (C=O) groups is 1. The molecule has 2 saturated heterocycles. The molecular weight excluding hydrogens is 736 g/mol. The number of piperazine rings is 1. The maximum Gasteiger partial charge on any atom is 0.264 e. The maximum atomic E-state index is 13.7. The fourth-order valence-corrected chi connectivity index (χ4v) is 11.4. The molecule has 1 saturated carbocycles. The number of carbonyl (C=O) groups excluding carboxylic acids is 1. The van der Waals surface area contributed by atoms with Gasteiger partial charge in [0.25, 0.3) is 5.91 Å². The molecule has 3 fully saturated rings. The summed E-state index contributed by atoms with van der Waals surface area (Å²) in [6.45, 7) is 11.6. The molecule has 12 heteroatoms. The Bertz CT molecular complexity index is 1980. The molecule has 55 heavy (non-hydrogen) atoms. The minimum atomic E-state index is -3.98. The number of hydrogen-bond acceptors (Lipinski definition) is 9. The number of benzene rings is 2. The van der Waals surface area contributed by atoms with Gasteiger partial charge in [-0.1, -0.05) is 42.5 Å². The molecule has 7 atom stereocenters. The van der Waals surface area contributed by atoms with E-state index in [4.69, 9.17) is 25.8 Å². The van der Waals surface area contributed by atoms with Crippen molar-refractivity contribution in [3.05, 3.63) is 70.3 Å². The Morgan fingerprint density at radius 3 is 2.78 bits per heavy atom. The van der Waals surface area contributed by atoms with Gasteiger partial charge in [0.1, 0.15) is 11.4 Å². The lowest BCUT2D eigenvalue weighted by Gasteiger charge is -2.49. The van der Waals surface area contributed by atoms with Crippen molar-refractivity contribution in [3.8, 4) is 17.6 Å². The number of amides is 1. The molecular formula is C43H55ClN4O6S. The summed E-state index contributed by atoms with van der Waals surface area (Å²) in [6, 6.07) is 12.0. The molecule has 4 heterocycles. The first kappa shape index (κ1) is 38.7. The highest BCUT2D eigenvalue weighted by atomic mass is 35.5. The number of anilines is 1. The Morgan fingerprint density at radius 1 is 1.09 bits per heavy atom. The molecule has 2 aliphatic carbocycles. The Labute approximate surface area is 331 Å². The summed E-state index contributed by atoms with van der Waals surface area (Å²) < 4.78 is 48.6. The summed E-state index contributed by atoms with van der Waals surface area (Å²) in [5.74, 6) is 7.39. The summed E-state index contributed by atoms with van der Waals surface area (Å²) in [5.41, 5.74) is 2.48. The summed E-state index contributed by atoms with van der Waals surface area (Å²) in [6.07, 6.45) is 9.58. The normalized spacial score (nSPS) is 34.3. The van der Waals surface area contributed by atoms with E-state index in [9.17, 15) is 13.2 Å². The van der Waals surface area contributed by atoms with Gasteiger partial charge in [0, 0.05) is 74.3 Å². The van der Waals surface area contributed by atoms with Gasteiger partial charge in [-0.15, -0.1) is 0 Å². The van der Waals surface area contributed by atoms with Crippen molar-refractivity contribution in [2.45, 2.75) is 74.7 Å². The molecule has 0 unspecified atom stereocenters. The minimum Gasteiger partial charge on any atom is -0.490 e. The Balaban J connectivity index is 1.16. The standard InChI is InChI=1S/C43H55ClN4O6S/c1-30-7-4-16-43(52-3,17-6-18-46-19-20-47-21-22-53-27-36(47)26-46)38-12-9-34(38)25-48-28-42(15-5-8-32-23-35(44)11-13-37(32)42)29-54-40-14-10-33(24-39(40)48)41(49)45-55(50,51)31(30)2/h4,10-11,13-14,16,23-24,30-31,34,36,38H,5,7-9,12,15,18-22,25-29H2,1-3H3,(H,45,49)/b16-4+/t30-,31+,34-,36-,38+,42-,43+/m0/s1.